The van der Waals surface area contributed by atoms with Crippen LogP contribution in [0.2, 0.25) is 0 Å². The molecule has 0 saturated carbocycles. The molecule has 2 N–H and O–H groups in total. The maximum absolute atomic E-state index is 12.8. The van der Waals surface area contributed by atoms with Crippen LogP contribution in [0, 0.1) is 5.92 Å². The summed E-state index contributed by atoms with van der Waals surface area (Å²) in [4.78, 5) is 24.1. The third-order valence-electron chi connectivity index (χ3n) is 5.08. The van der Waals surface area contributed by atoms with E-state index in [1.807, 2.05) is 37.3 Å². The number of aliphatic hydroxyl groups excluding tert-OH is 1. The summed E-state index contributed by atoms with van der Waals surface area (Å²) in [5.41, 5.74) is 2.67. The number of nitrogens with one attached hydrogen (secondary N) is 1. The van der Waals surface area contributed by atoms with Crippen LogP contribution in [-0.2, 0) is 16.1 Å². The highest BCUT2D eigenvalue weighted by Crippen LogP contribution is 2.34. The van der Waals surface area contributed by atoms with E-state index in [1.165, 1.54) is 12.2 Å². The van der Waals surface area contributed by atoms with Crippen molar-refractivity contribution in [2.45, 2.75) is 26.3 Å². The molecule has 0 fully saturated rings. The van der Waals surface area contributed by atoms with Crippen molar-refractivity contribution in [3.8, 4) is 0 Å². The number of allylic oxidation sites excluding steroid dienone is 3. The van der Waals surface area contributed by atoms with E-state index in [1.54, 1.807) is 24.3 Å². The number of ketones is 1. The Hall–Kier alpha value is -4.00. The first kappa shape index (κ1) is 23.7. The minimum absolute atomic E-state index is 0.0372. The fraction of sp³-hybridized carbons (Fsp3) is 0.231. The van der Waals surface area contributed by atoms with Gasteiger partial charge in [-0.2, -0.15) is 10.2 Å². The molecule has 1 atom stereocenters. The molecule has 2 aromatic rings. The molecule has 0 aliphatic heterocycles. The number of benzene rings is 2. The van der Waals surface area contributed by atoms with Gasteiger partial charge in [-0.05, 0) is 30.7 Å². The predicted octanol–water partition coefficient (Wildman–Crippen LogP) is 5.56. The third-order valence-corrected chi connectivity index (χ3v) is 5.08. The van der Waals surface area contributed by atoms with Crippen molar-refractivity contribution in [1.82, 2.24) is 5.32 Å². The lowest BCUT2D eigenvalue weighted by atomic mass is 9.88. The Labute approximate surface area is 193 Å². The summed E-state index contributed by atoms with van der Waals surface area (Å²) in [5, 5.41) is 21.7. The van der Waals surface area contributed by atoms with Crippen LogP contribution in [0.5, 0.6) is 0 Å². The van der Waals surface area contributed by atoms with Crippen LogP contribution >= 0.6 is 0 Å². The Balaban J connectivity index is 1.80. The summed E-state index contributed by atoms with van der Waals surface area (Å²) in [6.07, 6.45) is 3.22. The predicted molar refractivity (Wildman–Crippen MR) is 126 cm³/mol. The lowest BCUT2D eigenvalue weighted by Gasteiger charge is -2.22. The van der Waals surface area contributed by atoms with E-state index < -0.39 is 0 Å². The number of Topliss-reactive ketones (excluding diaryl/α,β-unsaturated/α-hetero) is 1. The minimum atomic E-state index is -0.360. The molecule has 3 rings (SSSR count). The van der Waals surface area contributed by atoms with Crippen molar-refractivity contribution in [3.63, 3.8) is 0 Å². The van der Waals surface area contributed by atoms with Crippen molar-refractivity contribution in [3.05, 3.63) is 102 Å². The van der Waals surface area contributed by atoms with Crippen LogP contribution in [0.15, 0.2) is 101 Å². The number of aliphatic hydroxyl groups is 1. The van der Waals surface area contributed by atoms with Crippen LogP contribution in [0.4, 0.5) is 5.69 Å². The molecule has 1 amide bonds. The van der Waals surface area contributed by atoms with Gasteiger partial charge in [0, 0.05) is 36.9 Å². The Morgan fingerprint density at radius 1 is 1.15 bits per heavy atom. The standard InChI is InChI=1S/C26H27N3O4/c1-3-25(32)27-17-18-10-12-21(13-11-18)28-29-26-20(14-22(30)16-24(26)33-4-2)15-23(31)19-8-6-5-7-9-19/h3,5-13,16,20,30H,1,4,14-15,17H2,2H3,(H,27,32)/b29-28+. The third kappa shape index (κ3) is 6.74. The summed E-state index contributed by atoms with van der Waals surface area (Å²) in [5.74, 6) is -0.0705. The zero-order valence-electron chi connectivity index (χ0n) is 18.5. The molecule has 0 bridgehead atoms. The molecule has 7 nitrogen and oxygen atoms in total. The van der Waals surface area contributed by atoms with Crippen molar-refractivity contribution in [2.24, 2.45) is 16.1 Å². The van der Waals surface area contributed by atoms with E-state index >= 15 is 0 Å². The van der Waals surface area contributed by atoms with Crippen LogP contribution in [-0.4, -0.2) is 23.4 Å². The Bertz CT molecular complexity index is 1090. The second-order valence-electron chi connectivity index (χ2n) is 7.50. The highest BCUT2D eigenvalue weighted by Gasteiger charge is 2.28. The van der Waals surface area contributed by atoms with Gasteiger partial charge in [-0.1, -0.05) is 49.0 Å². The quantitative estimate of drug-likeness (QED) is 0.284. The molecule has 0 heterocycles. The summed E-state index contributed by atoms with van der Waals surface area (Å²) in [7, 11) is 0. The lowest BCUT2D eigenvalue weighted by Crippen LogP contribution is -2.19. The fourth-order valence-corrected chi connectivity index (χ4v) is 3.42. The number of hydrogen-bond donors (Lipinski definition) is 2. The molecule has 170 valence electrons. The van der Waals surface area contributed by atoms with Gasteiger partial charge in [0.05, 0.1) is 18.1 Å². The van der Waals surface area contributed by atoms with Gasteiger partial charge in [0.1, 0.15) is 11.5 Å². The number of carbonyl (C=O) groups is 2. The molecular formula is C26H27N3O4. The number of amides is 1. The molecule has 33 heavy (non-hydrogen) atoms. The smallest absolute Gasteiger partial charge is 0.243 e. The highest BCUT2D eigenvalue weighted by molar-refractivity contribution is 5.96. The molecule has 0 spiro atoms. The Morgan fingerprint density at radius 2 is 1.88 bits per heavy atom. The summed E-state index contributed by atoms with van der Waals surface area (Å²) >= 11 is 0. The maximum atomic E-state index is 12.8. The molecule has 2 aromatic carbocycles. The van der Waals surface area contributed by atoms with E-state index in [9.17, 15) is 14.7 Å². The Morgan fingerprint density at radius 3 is 2.55 bits per heavy atom. The topological polar surface area (TPSA) is 100 Å². The zero-order valence-corrected chi connectivity index (χ0v) is 18.5. The molecule has 1 unspecified atom stereocenters. The van der Waals surface area contributed by atoms with Gasteiger partial charge in [0.25, 0.3) is 0 Å². The molecule has 0 saturated heterocycles. The average Bonchev–Trinajstić information content (AvgIpc) is 2.83. The molecule has 1 aliphatic rings. The molecule has 0 radical (unpaired) electrons. The van der Waals surface area contributed by atoms with Gasteiger partial charge in [-0.25, -0.2) is 0 Å². The van der Waals surface area contributed by atoms with Crippen molar-refractivity contribution >= 4 is 17.4 Å². The average molecular weight is 446 g/mol. The van der Waals surface area contributed by atoms with Crippen molar-refractivity contribution in [2.75, 3.05) is 6.61 Å². The van der Waals surface area contributed by atoms with E-state index in [2.05, 4.69) is 22.1 Å². The first-order valence-electron chi connectivity index (χ1n) is 10.8. The van der Waals surface area contributed by atoms with Gasteiger partial charge < -0.3 is 15.2 Å². The second kappa shape index (κ2) is 11.6. The lowest BCUT2D eigenvalue weighted by molar-refractivity contribution is -0.116. The number of nitrogens with zero attached hydrogens (tertiary/aromatic N) is 2. The van der Waals surface area contributed by atoms with Gasteiger partial charge in [-0.15, -0.1) is 0 Å². The molecule has 0 aromatic heterocycles. The van der Waals surface area contributed by atoms with Gasteiger partial charge in [0.2, 0.25) is 5.91 Å². The summed E-state index contributed by atoms with van der Waals surface area (Å²) in [6, 6.07) is 16.3. The van der Waals surface area contributed by atoms with Crippen LogP contribution in [0.25, 0.3) is 0 Å². The molecule has 1 aliphatic carbocycles. The summed E-state index contributed by atoms with van der Waals surface area (Å²) < 4.78 is 5.69. The van der Waals surface area contributed by atoms with E-state index in [0.29, 0.717) is 35.9 Å². The van der Waals surface area contributed by atoms with Gasteiger partial charge in [0.15, 0.2) is 5.78 Å². The first-order valence-corrected chi connectivity index (χ1v) is 10.8. The van der Waals surface area contributed by atoms with E-state index in [4.69, 9.17) is 4.74 Å². The molecule has 7 heteroatoms. The number of carbonyl (C=O) groups excluding carboxylic acids is 2. The first-order chi connectivity index (χ1) is 16.0. The number of ether oxygens (including phenoxy) is 1. The van der Waals surface area contributed by atoms with E-state index in [-0.39, 0.29) is 36.2 Å². The van der Waals surface area contributed by atoms with Gasteiger partial charge >= 0.3 is 0 Å². The number of azo groups is 1. The molecular weight excluding hydrogens is 418 g/mol. The van der Waals surface area contributed by atoms with Crippen LogP contribution in [0.1, 0.15) is 35.7 Å². The monoisotopic (exact) mass is 445 g/mol. The van der Waals surface area contributed by atoms with Crippen molar-refractivity contribution < 1.29 is 19.4 Å². The summed E-state index contributed by atoms with van der Waals surface area (Å²) in [6.45, 7) is 6.04. The minimum Gasteiger partial charge on any atom is -0.512 e. The Kier molecular flexibility index (Phi) is 8.30. The highest BCUT2D eigenvalue weighted by atomic mass is 16.5. The van der Waals surface area contributed by atoms with Gasteiger partial charge in [-0.3, -0.25) is 9.59 Å². The normalized spacial score (nSPS) is 15.8. The van der Waals surface area contributed by atoms with Crippen LogP contribution in [0.3, 0.4) is 0 Å². The second-order valence-corrected chi connectivity index (χ2v) is 7.50. The number of hydrogen-bond acceptors (Lipinski definition) is 6. The SMILES string of the molecule is C=CC(=O)NCc1ccc(/N=N/C2=C(OCC)C=C(O)CC2CC(=O)c2ccccc2)cc1. The fourth-order valence-electron chi connectivity index (χ4n) is 3.42. The van der Waals surface area contributed by atoms with E-state index in [0.717, 1.165) is 5.56 Å². The maximum Gasteiger partial charge on any atom is 0.243 e. The largest absolute Gasteiger partial charge is 0.512 e. The van der Waals surface area contributed by atoms with Crippen LogP contribution < -0.4 is 5.32 Å². The zero-order chi connectivity index (χ0) is 23.6. The van der Waals surface area contributed by atoms with Crippen molar-refractivity contribution in [1.29, 1.82) is 0 Å². The number of rotatable bonds is 10.